The first-order valence-corrected chi connectivity index (χ1v) is 7.82. The molecule has 0 fully saturated rings. The lowest BCUT2D eigenvalue weighted by Crippen LogP contribution is -2.13. The van der Waals surface area contributed by atoms with Crippen LogP contribution < -0.4 is 5.32 Å². The van der Waals surface area contributed by atoms with Gasteiger partial charge in [-0.2, -0.15) is 0 Å². The number of hydrogen-bond donors (Lipinski definition) is 2. The van der Waals surface area contributed by atoms with Gasteiger partial charge in [0.15, 0.2) is 0 Å². The number of carbonyl (C=O) groups excluding carboxylic acids is 1. The van der Waals surface area contributed by atoms with E-state index < -0.39 is 5.97 Å². The summed E-state index contributed by atoms with van der Waals surface area (Å²) in [6.45, 7) is 0. The van der Waals surface area contributed by atoms with Gasteiger partial charge in [-0.05, 0) is 33.7 Å². The molecule has 0 saturated heterocycles. The molecule has 0 atom stereocenters. The maximum atomic E-state index is 12.0. The average molecular weight is 317 g/mol. The Morgan fingerprint density at radius 3 is 2.17 bits per heavy atom. The number of nitrogens with one attached hydrogen (secondary N) is 1. The van der Waals surface area contributed by atoms with E-state index in [2.05, 4.69) is 23.5 Å². The Morgan fingerprint density at radius 2 is 1.46 bits per heavy atom. The number of carbonyl (C=O) groups is 2. The van der Waals surface area contributed by atoms with Crippen LogP contribution in [0.4, 0.5) is 5.69 Å². The van der Waals surface area contributed by atoms with Crippen LogP contribution in [-0.2, 0) is 9.59 Å². The van der Waals surface area contributed by atoms with Crippen molar-refractivity contribution in [2.75, 3.05) is 5.32 Å². The Balaban J connectivity index is 1.78. The van der Waals surface area contributed by atoms with E-state index in [0.717, 1.165) is 16.5 Å². The Hall–Kier alpha value is -3.14. The summed E-state index contributed by atoms with van der Waals surface area (Å²) in [6, 6.07) is 18.2. The smallest absolute Gasteiger partial charge is 0.303 e. The number of fused-ring (bicyclic) bond motifs is 3. The molecular weight excluding hydrogens is 302 g/mol. The maximum absolute atomic E-state index is 12.0. The van der Waals surface area contributed by atoms with Crippen molar-refractivity contribution in [3.63, 3.8) is 0 Å². The van der Waals surface area contributed by atoms with Crippen LogP contribution in [0.15, 0.2) is 54.6 Å². The summed E-state index contributed by atoms with van der Waals surface area (Å²) in [4.78, 5) is 22.6. The molecule has 4 rings (SSSR count). The fraction of sp³-hybridized carbons (Fsp3) is 0.100. The molecule has 1 amide bonds. The number of carboxylic acid groups (broad SMARTS) is 1. The van der Waals surface area contributed by atoms with E-state index in [1.165, 1.54) is 22.3 Å². The lowest BCUT2D eigenvalue weighted by molar-refractivity contribution is -0.138. The molecule has 4 heteroatoms. The molecular formula is C20H15NO3. The molecule has 1 aliphatic rings. The summed E-state index contributed by atoms with van der Waals surface area (Å²) in [6.07, 6.45) is -0.197. The van der Waals surface area contributed by atoms with Crippen LogP contribution in [0.25, 0.3) is 33.0 Å². The molecule has 0 bridgehead atoms. The van der Waals surface area contributed by atoms with Gasteiger partial charge in [-0.15, -0.1) is 0 Å². The number of aliphatic carboxylic acids is 1. The fourth-order valence-corrected chi connectivity index (χ4v) is 3.35. The van der Waals surface area contributed by atoms with Gasteiger partial charge in [0.2, 0.25) is 5.91 Å². The Kier molecular flexibility index (Phi) is 3.31. The third kappa shape index (κ3) is 2.24. The number of amides is 1. The molecule has 3 aromatic carbocycles. The van der Waals surface area contributed by atoms with Gasteiger partial charge in [-0.3, -0.25) is 9.59 Å². The lowest BCUT2D eigenvalue weighted by Gasteiger charge is -2.10. The monoisotopic (exact) mass is 317 g/mol. The first-order valence-electron chi connectivity index (χ1n) is 7.82. The van der Waals surface area contributed by atoms with E-state index >= 15 is 0 Å². The van der Waals surface area contributed by atoms with Gasteiger partial charge in [0.1, 0.15) is 0 Å². The lowest BCUT2D eigenvalue weighted by atomic mass is 10.0. The molecule has 0 spiro atoms. The third-order valence-corrected chi connectivity index (χ3v) is 4.39. The minimum Gasteiger partial charge on any atom is -0.481 e. The van der Waals surface area contributed by atoms with Crippen LogP contribution in [0.1, 0.15) is 12.8 Å². The predicted octanol–water partition coefficient (Wildman–Crippen LogP) is 4.29. The Labute approximate surface area is 138 Å². The molecule has 0 unspecified atom stereocenters. The van der Waals surface area contributed by atoms with Gasteiger partial charge in [-0.25, -0.2) is 0 Å². The molecule has 0 aliphatic heterocycles. The number of rotatable bonds is 4. The normalized spacial score (nSPS) is 11.3. The Bertz CT molecular complexity index is 962. The van der Waals surface area contributed by atoms with Crippen molar-refractivity contribution < 1.29 is 14.7 Å². The second-order valence-corrected chi connectivity index (χ2v) is 5.88. The number of carboxylic acids is 1. The van der Waals surface area contributed by atoms with Crippen molar-refractivity contribution in [2.45, 2.75) is 12.8 Å². The van der Waals surface area contributed by atoms with Crippen LogP contribution in [0.3, 0.4) is 0 Å². The van der Waals surface area contributed by atoms with Crippen molar-refractivity contribution in [2.24, 2.45) is 0 Å². The molecule has 4 nitrogen and oxygen atoms in total. The molecule has 3 aromatic rings. The maximum Gasteiger partial charge on any atom is 0.303 e. The van der Waals surface area contributed by atoms with Gasteiger partial charge < -0.3 is 10.4 Å². The zero-order valence-corrected chi connectivity index (χ0v) is 12.9. The summed E-state index contributed by atoms with van der Waals surface area (Å²) in [5.41, 5.74) is 5.46. The first kappa shape index (κ1) is 14.5. The molecule has 2 N–H and O–H groups in total. The highest BCUT2D eigenvalue weighted by molar-refractivity contribution is 6.19. The highest BCUT2D eigenvalue weighted by Gasteiger charge is 2.22. The van der Waals surface area contributed by atoms with E-state index in [4.69, 9.17) is 5.11 Å². The van der Waals surface area contributed by atoms with Crippen molar-refractivity contribution in [1.29, 1.82) is 0 Å². The van der Waals surface area contributed by atoms with E-state index in [0.29, 0.717) is 0 Å². The predicted molar refractivity (Wildman–Crippen MR) is 93.9 cm³/mol. The number of benzene rings is 3. The SMILES string of the molecule is O=C(O)CCC(=O)Nc1ccc2c3c(cccc13)-c1ccccc1-2. The zero-order valence-electron chi connectivity index (χ0n) is 12.9. The van der Waals surface area contributed by atoms with Crippen LogP contribution >= 0.6 is 0 Å². The zero-order chi connectivity index (χ0) is 16.7. The average Bonchev–Trinajstić information content (AvgIpc) is 2.91. The quantitative estimate of drug-likeness (QED) is 0.590. The van der Waals surface area contributed by atoms with Gasteiger partial charge in [0, 0.05) is 17.5 Å². The first-order chi connectivity index (χ1) is 11.6. The van der Waals surface area contributed by atoms with Gasteiger partial charge in [0.05, 0.1) is 6.42 Å². The fourth-order valence-electron chi connectivity index (χ4n) is 3.35. The number of anilines is 1. The summed E-state index contributed by atoms with van der Waals surface area (Å²) in [5.74, 6) is -1.25. The van der Waals surface area contributed by atoms with E-state index in [1.807, 2.05) is 36.4 Å². The highest BCUT2D eigenvalue weighted by Crippen LogP contribution is 2.48. The minimum absolute atomic E-state index is 0.0293. The van der Waals surface area contributed by atoms with Crippen LogP contribution in [0.5, 0.6) is 0 Å². The molecule has 24 heavy (non-hydrogen) atoms. The molecule has 0 aromatic heterocycles. The minimum atomic E-state index is -0.971. The third-order valence-electron chi connectivity index (χ3n) is 4.39. The van der Waals surface area contributed by atoms with E-state index in [9.17, 15) is 9.59 Å². The molecule has 1 aliphatic carbocycles. The van der Waals surface area contributed by atoms with Crippen molar-refractivity contribution in [3.8, 4) is 22.3 Å². The van der Waals surface area contributed by atoms with Crippen LogP contribution in [0.2, 0.25) is 0 Å². The molecule has 0 radical (unpaired) electrons. The summed E-state index contributed by atoms with van der Waals surface area (Å²) in [5, 5.41) is 13.7. The second kappa shape index (κ2) is 5.49. The standard InChI is InChI=1S/C20H15NO3/c22-18(10-11-19(23)24)21-17-9-8-15-13-5-2-1-4-12(13)14-6-3-7-16(17)20(14)15/h1-9H,10-11H2,(H,21,22)(H,23,24). The number of hydrogen-bond acceptors (Lipinski definition) is 2. The molecule has 118 valence electrons. The highest BCUT2D eigenvalue weighted by atomic mass is 16.4. The van der Waals surface area contributed by atoms with Crippen LogP contribution in [0, 0.1) is 0 Å². The molecule has 0 heterocycles. The molecule has 0 saturated carbocycles. The van der Waals surface area contributed by atoms with Crippen LogP contribution in [-0.4, -0.2) is 17.0 Å². The largest absolute Gasteiger partial charge is 0.481 e. The van der Waals surface area contributed by atoms with E-state index in [-0.39, 0.29) is 18.7 Å². The van der Waals surface area contributed by atoms with E-state index in [1.54, 1.807) is 0 Å². The van der Waals surface area contributed by atoms with Crippen molar-refractivity contribution >= 4 is 28.3 Å². The van der Waals surface area contributed by atoms with Crippen molar-refractivity contribution in [3.05, 3.63) is 54.6 Å². The van der Waals surface area contributed by atoms with Gasteiger partial charge >= 0.3 is 5.97 Å². The summed E-state index contributed by atoms with van der Waals surface area (Å²) < 4.78 is 0. The van der Waals surface area contributed by atoms with Gasteiger partial charge in [0.25, 0.3) is 0 Å². The Morgan fingerprint density at radius 1 is 0.792 bits per heavy atom. The van der Waals surface area contributed by atoms with Gasteiger partial charge in [-0.1, -0.05) is 48.5 Å². The summed E-state index contributed by atoms with van der Waals surface area (Å²) >= 11 is 0. The summed E-state index contributed by atoms with van der Waals surface area (Å²) in [7, 11) is 0. The topological polar surface area (TPSA) is 66.4 Å². The van der Waals surface area contributed by atoms with Crippen molar-refractivity contribution in [1.82, 2.24) is 0 Å². The second-order valence-electron chi connectivity index (χ2n) is 5.88.